The van der Waals surface area contributed by atoms with E-state index in [1.165, 1.54) is 0 Å². The summed E-state index contributed by atoms with van der Waals surface area (Å²) in [6, 6.07) is 11.8. The van der Waals surface area contributed by atoms with Crippen LogP contribution in [0.25, 0.3) is 0 Å². The molecule has 1 aromatic heterocycles. The highest BCUT2D eigenvalue weighted by Gasteiger charge is 2.46. The molecule has 10 heteroatoms. The molecule has 3 heterocycles. The van der Waals surface area contributed by atoms with E-state index in [1.54, 1.807) is 40.8 Å². The van der Waals surface area contributed by atoms with Gasteiger partial charge in [0, 0.05) is 48.8 Å². The van der Waals surface area contributed by atoms with Crippen LogP contribution in [-0.2, 0) is 23.6 Å². The van der Waals surface area contributed by atoms with Crippen LogP contribution in [0.5, 0.6) is 5.75 Å². The van der Waals surface area contributed by atoms with Crippen LogP contribution in [0, 0.1) is 0 Å². The fraction of sp³-hybridized carbons (Fsp3) is 0.444. The largest absolute Gasteiger partial charge is 0.485 e. The number of ether oxygens (including phenoxy) is 1. The average molecular weight is 545 g/mol. The number of rotatable bonds is 6. The number of anilines is 1. The highest BCUT2D eigenvalue weighted by molar-refractivity contribution is 7.89. The molecule has 0 saturated carbocycles. The molecule has 198 valence electrons. The second kappa shape index (κ2) is 9.94. The van der Waals surface area contributed by atoms with E-state index in [0.717, 1.165) is 30.8 Å². The molecule has 0 amide bonds. The van der Waals surface area contributed by atoms with Gasteiger partial charge in [-0.2, -0.15) is 4.31 Å². The number of hydrogen-bond donors (Lipinski definition) is 1. The third kappa shape index (κ3) is 4.97. The van der Waals surface area contributed by atoms with Gasteiger partial charge in [0.05, 0.1) is 17.5 Å². The van der Waals surface area contributed by atoms with Crippen molar-refractivity contribution in [3.05, 3.63) is 71.3 Å². The van der Waals surface area contributed by atoms with Gasteiger partial charge in [0.2, 0.25) is 10.0 Å². The Kier molecular flexibility index (Phi) is 7.00. The van der Waals surface area contributed by atoms with Crippen molar-refractivity contribution in [1.82, 2.24) is 13.9 Å². The summed E-state index contributed by atoms with van der Waals surface area (Å²) < 4.78 is 36.8. The molecule has 2 aromatic carbocycles. The first-order valence-corrected chi connectivity index (χ1v) is 14.4. The van der Waals surface area contributed by atoms with Gasteiger partial charge in [-0.1, -0.05) is 18.0 Å². The number of fused-ring (bicyclic) bond motifs is 1. The first-order chi connectivity index (χ1) is 17.6. The lowest BCUT2D eigenvalue weighted by Crippen LogP contribution is -2.53. The second-order valence-corrected chi connectivity index (χ2v) is 12.7. The molecule has 37 heavy (non-hydrogen) atoms. The Labute approximate surface area is 223 Å². The lowest BCUT2D eigenvalue weighted by molar-refractivity contribution is -0.0591. The molecule has 0 unspecified atom stereocenters. The van der Waals surface area contributed by atoms with E-state index in [9.17, 15) is 13.5 Å². The number of imidazole rings is 1. The Morgan fingerprint density at radius 1 is 1.14 bits per heavy atom. The molecule has 2 atom stereocenters. The lowest BCUT2D eigenvalue weighted by Gasteiger charge is -2.47. The normalized spacial score (nSPS) is 21.8. The maximum Gasteiger partial charge on any atom is 0.243 e. The maximum absolute atomic E-state index is 13.5. The Bertz CT molecular complexity index is 1370. The van der Waals surface area contributed by atoms with Crippen LogP contribution >= 0.6 is 11.6 Å². The van der Waals surface area contributed by atoms with E-state index in [2.05, 4.69) is 4.98 Å². The number of nitrogens with zero attached hydrogens (tertiary/aromatic N) is 4. The summed E-state index contributed by atoms with van der Waals surface area (Å²) in [4.78, 5) is 6.76. The molecule has 5 rings (SSSR count). The highest BCUT2D eigenvalue weighted by atomic mass is 35.5. The molecular weight excluding hydrogens is 512 g/mol. The predicted octanol–water partition coefficient (Wildman–Crippen LogP) is 4.53. The number of benzene rings is 2. The number of hydrogen-bond acceptors (Lipinski definition) is 6. The summed E-state index contributed by atoms with van der Waals surface area (Å²) in [6.07, 6.45) is 5.39. The zero-order valence-electron chi connectivity index (χ0n) is 21.3. The maximum atomic E-state index is 13.5. The van der Waals surface area contributed by atoms with E-state index < -0.39 is 27.8 Å². The van der Waals surface area contributed by atoms with Crippen LogP contribution in [0.1, 0.15) is 50.5 Å². The molecule has 0 bridgehead atoms. The number of sulfonamides is 1. The van der Waals surface area contributed by atoms with Gasteiger partial charge in [-0.3, -0.25) is 0 Å². The van der Waals surface area contributed by atoms with Crippen molar-refractivity contribution in [3.8, 4) is 5.75 Å². The van der Waals surface area contributed by atoms with Crippen molar-refractivity contribution >= 4 is 27.3 Å². The molecule has 1 fully saturated rings. The molecule has 0 radical (unpaired) electrons. The number of aliphatic hydroxyl groups excluding tert-OH is 1. The standard InChI is InChI=1S/C27H33ClN4O4S/c1-27(2)26(33)25(32(18-24-29-13-16-30(24)3)20-9-7-19(28)8-10-20)22-17-21(11-12-23(22)36-27)37(34,35)31-14-5-4-6-15-31/h7-13,16-17,25-26,33H,4-6,14-15,18H2,1-3H3/t25-,26+/m1/s1. The van der Waals surface area contributed by atoms with Crippen molar-refractivity contribution in [3.63, 3.8) is 0 Å². The minimum atomic E-state index is -3.67. The predicted molar refractivity (Wildman–Crippen MR) is 143 cm³/mol. The van der Waals surface area contributed by atoms with Gasteiger partial charge in [0.25, 0.3) is 0 Å². The van der Waals surface area contributed by atoms with E-state index in [0.29, 0.717) is 36.0 Å². The summed E-state index contributed by atoms with van der Waals surface area (Å²) in [5, 5.41) is 12.3. The second-order valence-electron chi connectivity index (χ2n) is 10.3. The van der Waals surface area contributed by atoms with Crippen molar-refractivity contribution in [2.45, 2.75) is 62.3 Å². The minimum Gasteiger partial charge on any atom is -0.485 e. The van der Waals surface area contributed by atoms with Crippen molar-refractivity contribution in [2.24, 2.45) is 7.05 Å². The smallest absolute Gasteiger partial charge is 0.243 e. The number of aliphatic hydroxyl groups is 1. The van der Waals surface area contributed by atoms with Gasteiger partial charge in [-0.15, -0.1) is 0 Å². The molecule has 0 aliphatic carbocycles. The lowest BCUT2D eigenvalue weighted by atomic mass is 9.85. The summed E-state index contributed by atoms with van der Waals surface area (Å²) >= 11 is 6.19. The van der Waals surface area contributed by atoms with Gasteiger partial charge in [0.1, 0.15) is 23.3 Å². The Hall–Kier alpha value is -2.59. The van der Waals surface area contributed by atoms with E-state index in [1.807, 2.05) is 48.7 Å². The zero-order chi connectivity index (χ0) is 26.4. The van der Waals surface area contributed by atoms with Crippen molar-refractivity contribution in [2.75, 3.05) is 18.0 Å². The van der Waals surface area contributed by atoms with E-state index in [4.69, 9.17) is 16.3 Å². The van der Waals surface area contributed by atoms with Crippen LogP contribution < -0.4 is 9.64 Å². The minimum absolute atomic E-state index is 0.210. The summed E-state index contributed by atoms with van der Waals surface area (Å²) in [6.45, 7) is 5.10. The third-order valence-corrected chi connectivity index (χ3v) is 9.51. The van der Waals surface area contributed by atoms with Gasteiger partial charge in [0.15, 0.2) is 0 Å². The van der Waals surface area contributed by atoms with Gasteiger partial charge >= 0.3 is 0 Å². The van der Waals surface area contributed by atoms with Crippen LogP contribution in [0.3, 0.4) is 0 Å². The summed E-state index contributed by atoms with van der Waals surface area (Å²) in [5.41, 5.74) is 0.524. The molecule has 2 aliphatic heterocycles. The Morgan fingerprint density at radius 2 is 1.84 bits per heavy atom. The van der Waals surface area contributed by atoms with Gasteiger partial charge in [-0.05, 0) is 69.2 Å². The topological polar surface area (TPSA) is 87.9 Å². The Morgan fingerprint density at radius 3 is 2.49 bits per heavy atom. The van der Waals surface area contributed by atoms with Crippen LogP contribution in [-0.4, -0.2) is 52.2 Å². The molecule has 1 N–H and O–H groups in total. The van der Waals surface area contributed by atoms with Crippen LogP contribution in [0.2, 0.25) is 5.02 Å². The van der Waals surface area contributed by atoms with E-state index in [-0.39, 0.29) is 4.90 Å². The molecule has 0 spiro atoms. The van der Waals surface area contributed by atoms with Gasteiger partial charge < -0.3 is 19.3 Å². The molecular formula is C27H33ClN4O4S. The average Bonchev–Trinajstić information content (AvgIpc) is 3.28. The number of halogens is 1. The van der Waals surface area contributed by atoms with Crippen molar-refractivity contribution in [1.29, 1.82) is 0 Å². The van der Waals surface area contributed by atoms with Crippen LogP contribution in [0.4, 0.5) is 5.69 Å². The monoisotopic (exact) mass is 544 g/mol. The molecule has 3 aromatic rings. The molecule has 1 saturated heterocycles. The quantitative estimate of drug-likeness (QED) is 0.490. The fourth-order valence-corrected chi connectivity index (χ4v) is 6.86. The number of aromatic nitrogens is 2. The zero-order valence-corrected chi connectivity index (χ0v) is 22.9. The van der Waals surface area contributed by atoms with E-state index >= 15 is 0 Å². The molecule has 2 aliphatic rings. The SMILES string of the molecule is Cn1ccnc1CN(c1ccc(Cl)cc1)[C@@H]1c2cc(S(=O)(=O)N3CCCCC3)ccc2OC(C)(C)[C@H]1O. The summed E-state index contributed by atoms with van der Waals surface area (Å²) in [5.74, 6) is 1.35. The van der Waals surface area contributed by atoms with Crippen molar-refractivity contribution < 1.29 is 18.3 Å². The Balaban J connectivity index is 1.64. The van der Waals surface area contributed by atoms with Crippen LogP contribution in [0.15, 0.2) is 59.8 Å². The highest BCUT2D eigenvalue weighted by Crippen LogP contribution is 2.46. The first-order valence-electron chi connectivity index (χ1n) is 12.6. The number of piperidine rings is 1. The first kappa shape index (κ1) is 26.0. The third-order valence-electron chi connectivity index (χ3n) is 7.36. The summed E-state index contributed by atoms with van der Waals surface area (Å²) in [7, 11) is -1.75. The van der Waals surface area contributed by atoms with Gasteiger partial charge in [-0.25, -0.2) is 13.4 Å². The molecule has 8 nitrogen and oxygen atoms in total. The number of aryl methyl sites for hydroxylation is 1. The fourth-order valence-electron chi connectivity index (χ4n) is 5.18.